The fourth-order valence-corrected chi connectivity index (χ4v) is 6.34. The van der Waals surface area contributed by atoms with Crippen molar-refractivity contribution in [3.63, 3.8) is 0 Å². The molecule has 2 aromatic heterocycles. The molecule has 1 amide bonds. The van der Waals surface area contributed by atoms with E-state index in [4.69, 9.17) is 20.4 Å². The summed E-state index contributed by atoms with van der Waals surface area (Å²) in [5.74, 6) is 0.341. The van der Waals surface area contributed by atoms with Crippen molar-refractivity contribution >= 4 is 55.7 Å². The second kappa shape index (κ2) is 13.8. The number of hydrogen-bond donors (Lipinski definition) is 2. The molecule has 228 valence electrons. The van der Waals surface area contributed by atoms with Crippen molar-refractivity contribution in [2.75, 3.05) is 30.4 Å². The number of para-hydroxylation sites is 1. The highest BCUT2D eigenvalue weighted by Gasteiger charge is 2.26. The molecule has 0 aliphatic carbocycles. The second-order valence-electron chi connectivity index (χ2n) is 10.8. The summed E-state index contributed by atoms with van der Waals surface area (Å²) in [6, 6.07) is 17.3. The average molecular weight is 611 g/mol. The van der Waals surface area contributed by atoms with Gasteiger partial charge in [-0.15, -0.1) is 0 Å². The number of thiazole rings is 1. The minimum atomic E-state index is -0.553. The maximum Gasteiger partial charge on any atom is 0.357 e. The SMILES string of the molecule is CCC(CC)CN=C(C)/C(=C\N)c1ccc(N2CCc3cccc(C(=O)Nc4nc5ccccc5s4)c3C2)nc1C(=O)OC. The van der Waals surface area contributed by atoms with Crippen LogP contribution in [0.2, 0.25) is 0 Å². The molecule has 0 spiro atoms. The summed E-state index contributed by atoms with van der Waals surface area (Å²) >= 11 is 1.45. The maximum absolute atomic E-state index is 13.5. The number of amides is 1. The lowest BCUT2D eigenvalue weighted by Crippen LogP contribution is -2.33. The third-order valence-electron chi connectivity index (χ3n) is 8.20. The Balaban J connectivity index is 1.42. The first kappa shape index (κ1) is 30.9. The Morgan fingerprint density at radius 1 is 1.09 bits per heavy atom. The van der Waals surface area contributed by atoms with E-state index >= 15 is 0 Å². The topological polar surface area (TPSA) is 123 Å². The lowest BCUT2D eigenvalue weighted by Gasteiger charge is -2.31. The van der Waals surface area contributed by atoms with Crippen molar-refractivity contribution in [3.8, 4) is 0 Å². The number of aromatic nitrogens is 2. The molecule has 3 N–H and O–H groups in total. The number of anilines is 2. The number of allylic oxidation sites excluding steroid dienone is 1. The van der Waals surface area contributed by atoms with Gasteiger partial charge in [0.2, 0.25) is 0 Å². The molecular weight excluding hydrogens is 572 g/mol. The highest BCUT2D eigenvalue weighted by Crippen LogP contribution is 2.30. The van der Waals surface area contributed by atoms with Crippen LogP contribution in [0.25, 0.3) is 15.8 Å². The highest BCUT2D eigenvalue weighted by molar-refractivity contribution is 7.22. The number of ether oxygens (including phenoxy) is 1. The fourth-order valence-electron chi connectivity index (χ4n) is 5.48. The molecule has 0 bridgehead atoms. The summed E-state index contributed by atoms with van der Waals surface area (Å²) in [6.45, 7) is 8.05. The number of carbonyl (C=O) groups excluding carboxylic acids is 2. The van der Waals surface area contributed by atoms with E-state index in [9.17, 15) is 9.59 Å². The zero-order chi connectivity index (χ0) is 31.2. The molecule has 0 saturated carbocycles. The van der Waals surface area contributed by atoms with Crippen LogP contribution in [0.5, 0.6) is 0 Å². The van der Waals surface area contributed by atoms with Gasteiger partial charge < -0.3 is 15.4 Å². The van der Waals surface area contributed by atoms with Gasteiger partial charge in [0.1, 0.15) is 5.82 Å². The molecule has 0 radical (unpaired) electrons. The van der Waals surface area contributed by atoms with Crippen LogP contribution < -0.4 is 16.0 Å². The van der Waals surface area contributed by atoms with Gasteiger partial charge in [-0.1, -0.05) is 62.3 Å². The second-order valence-corrected chi connectivity index (χ2v) is 11.8. The molecule has 1 aliphatic rings. The van der Waals surface area contributed by atoms with Crippen LogP contribution in [-0.4, -0.2) is 47.8 Å². The molecule has 1 aliphatic heterocycles. The van der Waals surface area contributed by atoms with E-state index in [1.807, 2.05) is 55.5 Å². The maximum atomic E-state index is 13.5. The molecule has 4 aromatic rings. The van der Waals surface area contributed by atoms with Crippen LogP contribution in [-0.2, 0) is 17.7 Å². The predicted molar refractivity (Wildman–Crippen MR) is 179 cm³/mol. The normalized spacial score (nSPS) is 13.7. The minimum absolute atomic E-state index is 0.173. The molecule has 44 heavy (non-hydrogen) atoms. The number of benzene rings is 2. The van der Waals surface area contributed by atoms with Gasteiger partial charge in [0.25, 0.3) is 5.91 Å². The van der Waals surface area contributed by atoms with Crippen molar-refractivity contribution in [1.82, 2.24) is 9.97 Å². The first-order chi connectivity index (χ1) is 21.4. The number of fused-ring (bicyclic) bond motifs is 2. The van der Waals surface area contributed by atoms with Crippen molar-refractivity contribution in [1.29, 1.82) is 0 Å². The predicted octanol–water partition coefficient (Wildman–Crippen LogP) is 6.49. The van der Waals surface area contributed by atoms with Gasteiger partial charge in [0.05, 0.1) is 17.3 Å². The largest absolute Gasteiger partial charge is 0.464 e. The third-order valence-corrected chi connectivity index (χ3v) is 9.16. The molecule has 5 rings (SSSR count). The van der Waals surface area contributed by atoms with Crippen molar-refractivity contribution in [2.45, 2.75) is 46.6 Å². The molecule has 10 heteroatoms. The van der Waals surface area contributed by atoms with E-state index in [1.54, 1.807) is 0 Å². The Morgan fingerprint density at radius 3 is 2.61 bits per heavy atom. The lowest BCUT2D eigenvalue weighted by atomic mass is 9.94. The summed E-state index contributed by atoms with van der Waals surface area (Å²) < 4.78 is 6.14. The van der Waals surface area contributed by atoms with Crippen LogP contribution in [0.15, 0.2) is 65.8 Å². The van der Waals surface area contributed by atoms with Crippen molar-refractivity contribution in [2.24, 2.45) is 16.6 Å². The number of methoxy groups -OCH3 is 1. The van der Waals surface area contributed by atoms with Crippen LogP contribution in [0.3, 0.4) is 0 Å². The number of nitrogens with two attached hydrogens (primary N) is 1. The molecule has 2 aromatic carbocycles. The van der Waals surface area contributed by atoms with Gasteiger partial charge in [-0.3, -0.25) is 15.1 Å². The number of pyridine rings is 1. The van der Waals surface area contributed by atoms with E-state index in [1.165, 1.54) is 24.6 Å². The van der Waals surface area contributed by atoms with Crippen molar-refractivity contribution in [3.05, 3.63) is 88.7 Å². The molecule has 0 saturated heterocycles. The number of nitrogens with one attached hydrogen (secondary N) is 1. The Morgan fingerprint density at radius 2 is 1.89 bits per heavy atom. The summed E-state index contributed by atoms with van der Waals surface area (Å²) in [7, 11) is 1.34. The van der Waals surface area contributed by atoms with Gasteiger partial charge in [-0.2, -0.15) is 0 Å². The third kappa shape index (κ3) is 6.50. The molecule has 9 nitrogen and oxygen atoms in total. The number of hydrogen-bond acceptors (Lipinski definition) is 9. The van der Waals surface area contributed by atoms with Gasteiger partial charge >= 0.3 is 5.97 Å². The van der Waals surface area contributed by atoms with Crippen LogP contribution in [0.4, 0.5) is 10.9 Å². The van der Waals surface area contributed by atoms with E-state index in [2.05, 4.69) is 35.1 Å². The van der Waals surface area contributed by atoms with E-state index in [0.717, 1.165) is 46.3 Å². The monoisotopic (exact) mass is 610 g/mol. The molecule has 0 unspecified atom stereocenters. The van der Waals surface area contributed by atoms with Gasteiger partial charge in [0.15, 0.2) is 10.8 Å². The summed E-state index contributed by atoms with van der Waals surface area (Å²) in [5.41, 5.74) is 11.7. The van der Waals surface area contributed by atoms with Gasteiger partial charge in [-0.05, 0) is 60.7 Å². The highest BCUT2D eigenvalue weighted by atomic mass is 32.1. The van der Waals surface area contributed by atoms with Gasteiger partial charge in [-0.25, -0.2) is 14.8 Å². The Bertz CT molecular complexity index is 1710. The number of esters is 1. The Hall–Kier alpha value is -4.57. The van der Waals surface area contributed by atoms with Crippen LogP contribution in [0, 0.1) is 5.92 Å². The molecule has 0 fully saturated rings. The van der Waals surface area contributed by atoms with E-state index < -0.39 is 5.97 Å². The number of aliphatic imine (C=N–C) groups is 1. The van der Waals surface area contributed by atoms with E-state index in [-0.39, 0.29) is 11.6 Å². The molecule has 0 atom stereocenters. The zero-order valence-corrected chi connectivity index (χ0v) is 26.4. The average Bonchev–Trinajstić information content (AvgIpc) is 3.47. The summed E-state index contributed by atoms with van der Waals surface area (Å²) in [4.78, 5) is 42.6. The first-order valence-electron chi connectivity index (χ1n) is 14.9. The number of rotatable bonds is 10. The summed E-state index contributed by atoms with van der Waals surface area (Å²) in [5, 5.41) is 3.55. The number of nitrogens with zero attached hydrogens (tertiary/aromatic N) is 4. The van der Waals surface area contributed by atoms with Crippen LogP contribution >= 0.6 is 11.3 Å². The standard InChI is InChI=1S/C34H38N6O3S/c1-5-22(6-2)19-36-21(3)26(18-35)24-14-15-30(38-31(24)33(42)43-4)40-17-16-23-10-9-11-25(27(23)20-40)32(41)39-34-37-28-12-7-8-13-29(28)44-34/h7-15,18,22H,5-6,16-17,19-20,35H2,1-4H3,(H,37,39,41)/b26-18+,36-21?. The fraction of sp³-hybridized carbons (Fsp3) is 0.324. The number of carbonyl (C=O) groups is 2. The van der Waals surface area contributed by atoms with Gasteiger partial charge in [0, 0.05) is 48.2 Å². The van der Waals surface area contributed by atoms with Crippen molar-refractivity contribution < 1.29 is 14.3 Å². The van der Waals surface area contributed by atoms with Crippen LogP contribution in [0.1, 0.15) is 71.1 Å². The first-order valence-corrected chi connectivity index (χ1v) is 15.7. The molecular formula is C34H38N6O3S. The minimum Gasteiger partial charge on any atom is -0.464 e. The smallest absolute Gasteiger partial charge is 0.357 e. The summed E-state index contributed by atoms with van der Waals surface area (Å²) in [6.07, 6.45) is 4.29. The Kier molecular flexibility index (Phi) is 9.69. The zero-order valence-electron chi connectivity index (χ0n) is 25.6. The molecule has 3 heterocycles. The quantitative estimate of drug-likeness (QED) is 0.155. The Labute approximate surface area is 261 Å². The lowest BCUT2D eigenvalue weighted by molar-refractivity contribution is 0.0593. The van der Waals surface area contributed by atoms with E-state index in [0.29, 0.717) is 53.2 Å².